The number of hydrogen-bond donors (Lipinski definition) is 0. The van der Waals surface area contributed by atoms with E-state index in [4.69, 9.17) is 4.74 Å². The molecule has 6 nitrogen and oxygen atoms in total. The maximum Gasteiger partial charge on any atom is 0.222 e. The molecule has 166 valence electrons. The molecular weight excluding hydrogens is 400 g/mol. The fourth-order valence-electron chi connectivity index (χ4n) is 4.27. The number of anilines is 1. The van der Waals surface area contributed by atoms with E-state index >= 15 is 0 Å². The number of carbonyl (C=O) groups excluding carboxylic acids is 1. The molecule has 32 heavy (non-hydrogen) atoms. The van der Waals surface area contributed by atoms with Crippen LogP contribution in [0.5, 0.6) is 5.75 Å². The standard InChI is InChI=1S/C26H30N4O2/c1-32-25-10-7-21(8-11-25)9-12-26(31)30-16-15-29(24-5-3-2-4-6-24)19-22(20-30)17-23-18-27-13-14-28-23/h2-8,10-11,13-14,18,22H,9,12,15-17,19-20H2,1H3. The van der Waals surface area contributed by atoms with Gasteiger partial charge in [0.1, 0.15) is 5.75 Å². The van der Waals surface area contributed by atoms with Crippen molar-refractivity contribution in [3.63, 3.8) is 0 Å². The number of ether oxygens (including phenoxy) is 1. The zero-order valence-corrected chi connectivity index (χ0v) is 18.6. The van der Waals surface area contributed by atoms with Crippen LogP contribution in [0.4, 0.5) is 5.69 Å². The quantitative estimate of drug-likeness (QED) is 0.573. The molecule has 1 saturated heterocycles. The predicted molar refractivity (Wildman–Crippen MR) is 126 cm³/mol. The van der Waals surface area contributed by atoms with Crippen molar-refractivity contribution in [2.75, 3.05) is 38.2 Å². The minimum atomic E-state index is 0.208. The van der Waals surface area contributed by atoms with Gasteiger partial charge in [0.2, 0.25) is 5.91 Å². The summed E-state index contributed by atoms with van der Waals surface area (Å²) < 4.78 is 5.22. The Morgan fingerprint density at radius 3 is 2.56 bits per heavy atom. The second kappa shape index (κ2) is 10.8. The Kier molecular flexibility index (Phi) is 7.33. The van der Waals surface area contributed by atoms with Gasteiger partial charge in [0.05, 0.1) is 12.8 Å². The van der Waals surface area contributed by atoms with Crippen LogP contribution in [0.1, 0.15) is 17.7 Å². The number of nitrogens with zero attached hydrogens (tertiary/aromatic N) is 4. The highest BCUT2D eigenvalue weighted by Gasteiger charge is 2.26. The molecule has 0 saturated carbocycles. The van der Waals surface area contributed by atoms with Crippen molar-refractivity contribution in [1.82, 2.24) is 14.9 Å². The second-order valence-corrected chi connectivity index (χ2v) is 8.24. The van der Waals surface area contributed by atoms with E-state index in [2.05, 4.69) is 39.1 Å². The molecule has 2 heterocycles. The zero-order chi connectivity index (χ0) is 22.2. The van der Waals surface area contributed by atoms with Crippen molar-refractivity contribution in [3.8, 4) is 5.75 Å². The van der Waals surface area contributed by atoms with Crippen LogP contribution in [0.2, 0.25) is 0 Å². The summed E-state index contributed by atoms with van der Waals surface area (Å²) in [6.45, 7) is 3.19. The minimum absolute atomic E-state index is 0.208. The summed E-state index contributed by atoms with van der Waals surface area (Å²) in [5.74, 6) is 1.33. The molecule has 0 bridgehead atoms. The van der Waals surface area contributed by atoms with Gasteiger partial charge < -0.3 is 14.5 Å². The van der Waals surface area contributed by atoms with E-state index in [-0.39, 0.29) is 5.91 Å². The van der Waals surface area contributed by atoms with Crippen LogP contribution in [0.25, 0.3) is 0 Å². The highest BCUT2D eigenvalue weighted by molar-refractivity contribution is 5.76. The summed E-state index contributed by atoms with van der Waals surface area (Å²) in [6.07, 6.45) is 7.31. The predicted octanol–water partition coefficient (Wildman–Crippen LogP) is 3.63. The smallest absolute Gasteiger partial charge is 0.222 e. The molecule has 0 aliphatic carbocycles. The van der Waals surface area contributed by atoms with Crippen LogP contribution in [-0.2, 0) is 17.6 Å². The molecule has 0 radical (unpaired) electrons. The topological polar surface area (TPSA) is 58.6 Å². The van der Waals surface area contributed by atoms with Crippen molar-refractivity contribution >= 4 is 11.6 Å². The number of para-hydroxylation sites is 1. The number of aromatic nitrogens is 2. The maximum atomic E-state index is 13.1. The lowest BCUT2D eigenvalue weighted by atomic mass is 10.0. The molecule has 1 fully saturated rings. The molecule has 1 amide bonds. The minimum Gasteiger partial charge on any atom is -0.497 e. The summed E-state index contributed by atoms with van der Waals surface area (Å²) in [4.78, 5) is 26.2. The van der Waals surface area contributed by atoms with Crippen LogP contribution in [0, 0.1) is 5.92 Å². The van der Waals surface area contributed by atoms with E-state index in [9.17, 15) is 4.79 Å². The molecule has 0 spiro atoms. The lowest BCUT2D eigenvalue weighted by Crippen LogP contribution is -2.36. The second-order valence-electron chi connectivity index (χ2n) is 8.24. The summed E-state index contributed by atoms with van der Waals surface area (Å²) in [5.41, 5.74) is 3.32. The molecular formula is C26H30N4O2. The molecule has 1 aliphatic rings. The number of methoxy groups -OCH3 is 1. The number of benzene rings is 2. The number of rotatable bonds is 7. The average molecular weight is 431 g/mol. The van der Waals surface area contributed by atoms with E-state index in [1.165, 1.54) is 5.69 Å². The number of amides is 1. The molecule has 4 rings (SSSR count). The average Bonchev–Trinajstić information content (AvgIpc) is 3.07. The highest BCUT2D eigenvalue weighted by Crippen LogP contribution is 2.21. The van der Waals surface area contributed by atoms with Crippen molar-refractivity contribution in [3.05, 3.63) is 84.4 Å². The fraction of sp³-hybridized carbons (Fsp3) is 0.346. The largest absolute Gasteiger partial charge is 0.497 e. The van der Waals surface area contributed by atoms with Crippen LogP contribution in [0.3, 0.4) is 0 Å². The van der Waals surface area contributed by atoms with Crippen molar-refractivity contribution in [1.29, 1.82) is 0 Å². The number of aryl methyl sites for hydroxylation is 1. The Morgan fingerprint density at radius 1 is 1.03 bits per heavy atom. The third kappa shape index (κ3) is 5.84. The Morgan fingerprint density at radius 2 is 1.84 bits per heavy atom. The van der Waals surface area contributed by atoms with Gasteiger partial charge in [0, 0.05) is 56.9 Å². The van der Waals surface area contributed by atoms with Gasteiger partial charge in [-0.2, -0.15) is 0 Å². The lowest BCUT2D eigenvalue weighted by Gasteiger charge is -2.25. The van der Waals surface area contributed by atoms with E-state index in [1.54, 1.807) is 19.5 Å². The van der Waals surface area contributed by atoms with E-state index < -0.39 is 0 Å². The first-order chi connectivity index (χ1) is 15.7. The third-order valence-corrected chi connectivity index (χ3v) is 5.97. The van der Waals surface area contributed by atoms with Crippen LogP contribution in [0.15, 0.2) is 73.2 Å². The normalized spacial score (nSPS) is 16.5. The number of carbonyl (C=O) groups is 1. The lowest BCUT2D eigenvalue weighted by molar-refractivity contribution is -0.131. The Bertz CT molecular complexity index is 980. The van der Waals surface area contributed by atoms with Gasteiger partial charge in [0.25, 0.3) is 0 Å². The van der Waals surface area contributed by atoms with Gasteiger partial charge >= 0.3 is 0 Å². The van der Waals surface area contributed by atoms with Gasteiger partial charge in [-0.25, -0.2) is 0 Å². The third-order valence-electron chi connectivity index (χ3n) is 5.97. The molecule has 1 atom stereocenters. The van der Waals surface area contributed by atoms with Gasteiger partial charge in [-0.1, -0.05) is 30.3 Å². The Hall–Kier alpha value is -3.41. The maximum absolute atomic E-state index is 13.1. The van der Waals surface area contributed by atoms with Gasteiger partial charge in [-0.15, -0.1) is 0 Å². The van der Waals surface area contributed by atoms with E-state index in [0.29, 0.717) is 12.3 Å². The summed E-state index contributed by atoms with van der Waals surface area (Å²) in [5, 5.41) is 0. The molecule has 1 aliphatic heterocycles. The van der Waals surface area contributed by atoms with Crippen LogP contribution >= 0.6 is 0 Å². The molecule has 0 N–H and O–H groups in total. The highest BCUT2D eigenvalue weighted by atomic mass is 16.5. The van der Waals surface area contributed by atoms with Crippen molar-refractivity contribution in [2.45, 2.75) is 19.3 Å². The Balaban J connectivity index is 1.44. The first kappa shape index (κ1) is 21.8. The first-order valence-corrected chi connectivity index (χ1v) is 11.2. The van der Waals surface area contributed by atoms with Gasteiger partial charge in [-0.3, -0.25) is 14.8 Å². The van der Waals surface area contributed by atoms with Gasteiger partial charge in [-0.05, 0) is 48.6 Å². The first-order valence-electron chi connectivity index (χ1n) is 11.2. The zero-order valence-electron chi connectivity index (χ0n) is 18.6. The molecule has 3 aromatic rings. The number of hydrogen-bond acceptors (Lipinski definition) is 5. The summed E-state index contributed by atoms with van der Waals surface area (Å²) >= 11 is 0. The van der Waals surface area contributed by atoms with Crippen LogP contribution in [-0.4, -0.2) is 54.1 Å². The summed E-state index contributed by atoms with van der Waals surface area (Å²) in [7, 11) is 1.66. The van der Waals surface area contributed by atoms with Gasteiger partial charge in [0.15, 0.2) is 0 Å². The van der Waals surface area contributed by atoms with Crippen LogP contribution < -0.4 is 9.64 Å². The fourth-order valence-corrected chi connectivity index (χ4v) is 4.27. The molecule has 2 aromatic carbocycles. The monoisotopic (exact) mass is 430 g/mol. The SMILES string of the molecule is COc1ccc(CCC(=O)N2CCN(c3ccccc3)CC(Cc3cnccn3)C2)cc1. The van der Waals surface area contributed by atoms with E-state index in [1.807, 2.05) is 41.4 Å². The summed E-state index contributed by atoms with van der Waals surface area (Å²) in [6, 6.07) is 18.4. The molecule has 6 heteroatoms. The van der Waals surface area contributed by atoms with E-state index in [0.717, 1.165) is 56.0 Å². The van der Waals surface area contributed by atoms with Crippen molar-refractivity contribution < 1.29 is 9.53 Å². The Labute approximate surface area is 189 Å². The molecule has 1 unspecified atom stereocenters. The van der Waals surface area contributed by atoms with Crippen molar-refractivity contribution in [2.24, 2.45) is 5.92 Å². The molecule has 1 aromatic heterocycles.